The van der Waals surface area contributed by atoms with E-state index in [-0.39, 0.29) is 5.91 Å². The molecule has 19 heavy (non-hydrogen) atoms. The molecule has 1 saturated carbocycles. The lowest BCUT2D eigenvalue weighted by molar-refractivity contribution is 0.0890. The van der Waals surface area contributed by atoms with Crippen LogP contribution in [-0.2, 0) is 0 Å². The zero-order valence-electron chi connectivity index (χ0n) is 12.4. The number of aromatic nitrogens is 1. The molecule has 1 heterocycles. The van der Waals surface area contributed by atoms with Gasteiger partial charge in [0.05, 0.1) is 0 Å². The molecular weight excluding hydrogens is 236 g/mol. The molecule has 0 bridgehead atoms. The Balaban J connectivity index is 2.08. The second-order valence-corrected chi connectivity index (χ2v) is 5.99. The van der Waals surface area contributed by atoms with E-state index in [0.29, 0.717) is 17.9 Å². The molecule has 3 heteroatoms. The molecule has 3 atom stereocenters. The van der Waals surface area contributed by atoms with Crippen molar-refractivity contribution in [1.29, 1.82) is 0 Å². The van der Waals surface area contributed by atoms with Crippen LogP contribution in [-0.4, -0.2) is 16.9 Å². The van der Waals surface area contributed by atoms with Crippen molar-refractivity contribution < 1.29 is 4.79 Å². The number of hydrogen-bond acceptors (Lipinski definition) is 2. The Labute approximate surface area is 115 Å². The van der Waals surface area contributed by atoms with Crippen LogP contribution in [0.15, 0.2) is 12.1 Å². The van der Waals surface area contributed by atoms with Gasteiger partial charge in [-0.3, -0.25) is 9.78 Å². The molecule has 1 amide bonds. The van der Waals surface area contributed by atoms with Crippen LogP contribution in [0.4, 0.5) is 0 Å². The number of aryl methyl sites for hydroxylation is 2. The molecule has 1 fully saturated rings. The van der Waals surface area contributed by atoms with Crippen LogP contribution in [0, 0.1) is 25.7 Å². The largest absolute Gasteiger partial charge is 0.349 e. The van der Waals surface area contributed by atoms with Crippen molar-refractivity contribution in [2.45, 2.75) is 53.0 Å². The number of nitrogens with one attached hydrogen (secondary N) is 1. The quantitative estimate of drug-likeness (QED) is 0.887. The predicted octanol–water partition coefficient (Wildman–Crippen LogP) is 3.25. The molecule has 1 aromatic heterocycles. The summed E-state index contributed by atoms with van der Waals surface area (Å²) >= 11 is 0. The third kappa shape index (κ3) is 3.34. The van der Waals surface area contributed by atoms with Gasteiger partial charge in [0, 0.05) is 23.0 Å². The van der Waals surface area contributed by atoms with Crippen LogP contribution in [0.3, 0.4) is 0 Å². The second-order valence-electron chi connectivity index (χ2n) is 5.99. The summed E-state index contributed by atoms with van der Waals surface area (Å²) in [6.07, 6.45) is 3.59. The summed E-state index contributed by atoms with van der Waals surface area (Å²) in [5.41, 5.74) is 2.53. The van der Waals surface area contributed by atoms with Gasteiger partial charge in [-0.05, 0) is 44.2 Å². The van der Waals surface area contributed by atoms with Gasteiger partial charge in [-0.15, -0.1) is 0 Å². The lowest BCUT2D eigenvalue weighted by Crippen LogP contribution is -2.43. The highest BCUT2D eigenvalue weighted by Crippen LogP contribution is 2.29. The number of nitrogens with zero attached hydrogens (tertiary/aromatic N) is 1. The SMILES string of the molecule is Cc1cc(C(=O)NC2CCCC(C)C2C)cc(C)n1. The first-order valence-corrected chi connectivity index (χ1v) is 7.23. The average molecular weight is 260 g/mol. The van der Waals surface area contributed by atoms with Crippen molar-refractivity contribution in [3.63, 3.8) is 0 Å². The second kappa shape index (κ2) is 5.72. The Morgan fingerprint density at radius 1 is 1.21 bits per heavy atom. The number of carbonyl (C=O) groups is 1. The van der Waals surface area contributed by atoms with Gasteiger partial charge in [0.15, 0.2) is 0 Å². The monoisotopic (exact) mass is 260 g/mol. The summed E-state index contributed by atoms with van der Waals surface area (Å²) < 4.78 is 0. The molecule has 104 valence electrons. The van der Waals surface area contributed by atoms with E-state index in [0.717, 1.165) is 23.4 Å². The molecule has 0 radical (unpaired) electrons. The third-order valence-electron chi connectivity index (χ3n) is 4.37. The number of rotatable bonds is 2. The Hall–Kier alpha value is -1.38. The van der Waals surface area contributed by atoms with E-state index in [1.54, 1.807) is 0 Å². The van der Waals surface area contributed by atoms with Gasteiger partial charge < -0.3 is 5.32 Å². The van der Waals surface area contributed by atoms with Crippen LogP contribution >= 0.6 is 0 Å². The van der Waals surface area contributed by atoms with Crippen molar-refractivity contribution in [2.75, 3.05) is 0 Å². The van der Waals surface area contributed by atoms with Crippen molar-refractivity contribution in [2.24, 2.45) is 11.8 Å². The minimum atomic E-state index is 0.0413. The van der Waals surface area contributed by atoms with Gasteiger partial charge in [0.25, 0.3) is 5.91 Å². The fraction of sp³-hybridized carbons (Fsp3) is 0.625. The predicted molar refractivity (Wildman–Crippen MR) is 77.1 cm³/mol. The first-order valence-electron chi connectivity index (χ1n) is 7.23. The summed E-state index contributed by atoms with van der Waals surface area (Å²) in [5, 5.41) is 3.20. The van der Waals surface area contributed by atoms with Crippen LogP contribution < -0.4 is 5.32 Å². The minimum absolute atomic E-state index is 0.0413. The van der Waals surface area contributed by atoms with Gasteiger partial charge in [-0.25, -0.2) is 0 Å². The van der Waals surface area contributed by atoms with Crippen molar-refractivity contribution >= 4 is 5.91 Å². The average Bonchev–Trinajstić information content (AvgIpc) is 2.33. The number of hydrogen-bond donors (Lipinski definition) is 1. The molecule has 1 aliphatic carbocycles. The topological polar surface area (TPSA) is 42.0 Å². The third-order valence-corrected chi connectivity index (χ3v) is 4.37. The summed E-state index contributed by atoms with van der Waals surface area (Å²) in [6.45, 7) is 8.38. The van der Waals surface area contributed by atoms with E-state index in [1.807, 2.05) is 26.0 Å². The van der Waals surface area contributed by atoms with Crippen LogP contribution in [0.5, 0.6) is 0 Å². The summed E-state index contributed by atoms with van der Waals surface area (Å²) in [5.74, 6) is 1.29. The van der Waals surface area contributed by atoms with Gasteiger partial charge in [-0.2, -0.15) is 0 Å². The summed E-state index contributed by atoms with van der Waals surface area (Å²) in [6, 6.07) is 4.03. The van der Waals surface area contributed by atoms with E-state index in [9.17, 15) is 4.79 Å². The van der Waals surface area contributed by atoms with E-state index >= 15 is 0 Å². The van der Waals surface area contributed by atoms with Crippen molar-refractivity contribution in [3.8, 4) is 0 Å². The van der Waals surface area contributed by atoms with Crippen LogP contribution in [0.2, 0.25) is 0 Å². The molecule has 1 aliphatic rings. The normalized spacial score (nSPS) is 27.1. The van der Waals surface area contributed by atoms with Crippen LogP contribution in [0.1, 0.15) is 54.9 Å². The Bertz CT molecular complexity index is 450. The maximum Gasteiger partial charge on any atom is 0.251 e. The Morgan fingerprint density at radius 2 is 1.84 bits per heavy atom. The smallest absolute Gasteiger partial charge is 0.251 e. The highest BCUT2D eigenvalue weighted by Gasteiger charge is 2.28. The lowest BCUT2D eigenvalue weighted by Gasteiger charge is -2.34. The summed E-state index contributed by atoms with van der Waals surface area (Å²) in [7, 11) is 0. The van der Waals surface area contributed by atoms with Gasteiger partial charge in [0.2, 0.25) is 0 Å². The van der Waals surface area contributed by atoms with Gasteiger partial charge in [0.1, 0.15) is 0 Å². The van der Waals surface area contributed by atoms with Crippen molar-refractivity contribution in [1.82, 2.24) is 10.3 Å². The Kier molecular flexibility index (Phi) is 4.23. The number of carbonyl (C=O) groups excluding carboxylic acids is 1. The first kappa shape index (κ1) is 14.0. The fourth-order valence-electron chi connectivity index (χ4n) is 3.00. The maximum atomic E-state index is 12.3. The fourth-order valence-corrected chi connectivity index (χ4v) is 3.00. The molecule has 0 spiro atoms. The Morgan fingerprint density at radius 3 is 2.47 bits per heavy atom. The van der Waals surface area contributed by atoms with Crippen molar-refractivity contribution in [3.05, 3.63) is 29.1 Å². The lowest BCUT2D eigenvalue weighted by atomic mass is 9.78. The molecule has 0 saturated heterocycles. The highest BCUT2D eigenvalue weighted by molar-refractivity contribution is 5.94. The van der Waals surface area contributed by atoms with E-state index in [4.69, 9.17) is 0 Å². The zero-order chi connectivity index (χ0) is 14.0. The molecule has 0 aliphatic heterocycles. The van der Waals surface area contributed by atoms with E-state index in [1.165, 1.54) is 12.8 Å². The highest BCUT2D eigenvalue weighted by atomic mass is 16.1. The first-order chi connectivity index (χ1) is 8.97. The maximum absolute atomic E-state index is 12.3. The molecule has 3 unspecified atom stereocenters. The minimum Gasteiger partial charge on any atom is -0.349 e. The standard InChI is InChI=1S/C16H24N2O/c1-10-6-5-7-15(13(10)4)18-16(19)14-8-11(2)17-12(3)9-14/h8-10,13,15H,5-7H2,1-4H3,(H,18,19). The summed E-state index contributed by atoms with van der Waals surface area (Å²) in [4.78, 5) is 16.6. The molecule has 1 N–H and O–H groups in total. The molecule has 0 aromatic carbocycles. The number of amides is 1. The van der Waals surface area contributed by atoms with E-state index in [2.05, 4.69) is 24.1 Å². The van der Waals surface area contributed by atoms with Gasteiger partial charge in [-0.1, -0.05) is 26.7 Å². The van der Waals surface area contributed by atoms with Gasteiger partial charge >= 0.3 is 0 Å². The molecular formula is C16H24N2O. The molecule has 2 rings (SSSR count). The zero-order valence-corrected chi connectivity index (χ0v) is 12.4. The molecule has 1 aromatic rings. The number of pyridine rings is 1. The molecule has 3 nitrogen and oxygen atoms in total. The van der Waals surface area contributed by atoms with E-state index < -0.39 is 0 Å². The van der Waals surface area contributed by atoms with Crippen LogP contribution in [0.25, 0.3) is 0 Å².